The first-order chi connectivity index (χ1) is 16.3. The van der Waals surface area contributed by atoms with E-state index >= 15 is 0 Å². The topological polar surface area (TPSA) is 80.4 Å². The molecule has 0 bridgehead atoms. The highest BCUT2D eigenvalue weighted by Gasteiger charge is 2.58. The predicted octanol–water partition coefficient (Wildman–Crippen LogP) is 4.42. The number of nitrogens with zero attached hydrogens (tertiary/aromatic N) is 3. The molecular weight excluding hydrogens is 433 g/mol. The number of aliphatic hydroxyl groups is 2. The molecule has 5 rings (SSSR count). The first-order valence-corrected chi connectivity index (χ1v) is 11.4. The fourth-order valence-corrected chi connectivity index (χ4v) is 5.84. The minimum absolute atomic E-state index is 0.154. The molecule has 0 radical (unpaired) electrons. The molecule has 176 valence electrons. The van der Waals surface area contributed by atoms with Crippen molar-refractivity contribution in [2.45, 2.75) is 32.3 Å². The number of fused-ring (bicyclic) bond motifs is 2. The highest BCUT2D eigenvalue weighted by atomic mass is 19.1. The maximum atomic E-state index is 13.8. The van der Waals surface area contributed by atoms with E-state index in [2.05, 4.69) is 29.7 Å². The van der Waals surface area contributed by atoms with Crippen molar-refractivity contribution in [3.63, 3.8) is 0 Å². The van der Waals surface area contributed by atoms with Crippen LogP contribution in [0.25, 0.3) is 11.8 Å². The summed E-state index contributed by atoms with van der Waals surface area (Å²) in [4.78, 5) is 4.34. The molecular formula is C27H28FN3O3. The van der Waals surface area contributed by atoms with Crippen molar-refractivity contribution in [2.75, 3.05) is 13.7 Å². The second-order valence-corrected chi connectivity index (χ2v) is 9.38. The monoisotopic (exact) mass is 461 g/mol. The normalized spacial score (nSPS) is 24.2. The molecule has 7 heteroatoms. The van der Waals surface area contributed by atoms with Crippen molar-refractivity contribution in [1.82, 2.24) is 14.8 Å². The lowest BCUT2D eigenvalue weighted by Gasteiger charge is -2.47. The first-order valence-electron chi connectivity index (χ1n) is 11.4. The molecule has 2 aromatic heterocycles. The Balaban J connectivity index is 1.55. The van der Waals surface area contributed by atoms with Gasteiger partial charge in [0.1, 0.15) is 23.4 Å². The van der Waals surface area contributed by atoms with E-state index in [1.165, 1.54) is 19.2 Å². The lowest BCUT2D eigenvalue weighted by atomic mass is 9.57. The maximum absolute atomic E-state index is 13.8. The molecule has 2 aliphatic carbocycles. The van der Waals surface area contributed by atoms with Crippen molar-refractivity contribution in [3.05, 3.63) is 89.3 Å². The quantitative estimate of drug-likeness (QED) is 0.531. The largest absolute Gasteiger partial charge is 0.495 e. The third kappa shape index (κ3) is 3.15. The number of benzene rings is 1. The highest BCUT2D eigenvalue weighted by molar-refractivity contribution is 5.63. The van der Waals surface area contributed by atoms with Crippen LogP contribution in [-0.2, 0) is 6.42 Å². The number of halogens is 1. The Kier molecular flexibility index (Phi) is 5.41. The maximum Gasteiger partial charge on any atom is 0.143 e. The number of aromatic nitrogens is 3. The summed E-state index contributed by atoms with van der Waals surface area (Å²) in [5, 5.41) is 26.6. The Hall–Kier alpha value is -3.29. The fourth-order valence-electron chi connectivity index (χ4n) is 5.84. The van der Waals surface area contributed by atoms with E-state index in [1.807, 2.05) is 6.07 Å². The number of hydrogen-bond acceptors (Lipinski definition) is 5. The van der Waals surface area contributed by atoms with Crippen LogP contribution in [0.5, 0.6) is 5.75 Å². The van der Waals surface area contributed by atoms with Gasteiger partial charge < -0.3 is 14.9 Å². The summed E-state index contributed by atoms with van der Waals surface area (Å²) in [7, 11) is 1.54. The predicted molar refractivity (Wildman–Crippen MR) is 127 cm³/mol. The summed E-state index contributed by atoms with van der Waals surface area (Å²) in [6.07, 6.45) is 6.44. The van der Waals surface area contributed by atoms with E-state index in [0.717, 1.165) is 23.3 Å². The Morgan fingerprint density at radius 1 is 1.32 bits per heavy atom. The molecule has 3 atom stereocenters. The molecule has 0 saturated heterocycles. The molecule has 3 unspecified atom stereocenters. The van der Waals surface area contributed by atoms with E-state index in [0.29, 0.717) is 35.5 Å². The van der Waals surface area contributed by atoms with Crippen LogP contribution in [-0.4, -0.2) is 38.7 Å². The van der Waals surface area contributed by atoms with E-state index < -0.39 is 16.9 Å². The van der Waals surface area contributed by atoms with Crippen LogP contribution < -0.4 is 4.74 Å². The number of aliphatic hydroxyl groups excluding tert-OH is 2. The molecule has 0 amide bonds. The van der Waals surface area contributed by atoms with Gasteiger partial charge in [0.25, 0.3) is 0 Å². The summed E-state index contributed by atoms with van der Waals surface area (Å²) < 4.78 is 21.0. The average molecular weight is 462 g/mol. The van der Waals surface area contributed by atoms with Gasteiger partial charge in [0, 0.05) is 17.0 Å². The molecule has 0 spiro atoms. The van der Waals surface area contributed by atoms with Gasteiger partial charge in [-0.15, -0.1) is 0 Å². The van der Waals surface area contributed by atoms with Crippen LogP contribution >= 0.6 is 0 Å². The van der Waals surface area contributed by atoms with Crippen molar-refractivity contribution in [2.24, 2.45) is 10.8 Å². The first kappa shape index (κ1) is 22.5. The Bertz CT molecular complexity index is 1300. The molecule has 6 nitrogen and oxygen atoms in total. The molecule has 2 aliphatic rings. The van der Waals surface area contributed by atoms with Gasteiger partial charge in [-0.3, -0.25) is 4.98 Å². The minimum atomic E-state index is -1.09. The summed E-state index contributed by atoms with van der Waals surface area (Å²) in [5.41, 5.74) is 3.45. The molecule has 1 fully saturated rings. The lowest BCUT2D eigenvalue weighted by Crippen LogP contribution is -2.44. The molecule has 0 aliphatic heterocycles. The van der Waals surface area contributed by atoms with Crippen LogP contribution in [0.3, 0.4) is 0 Å². The van der Waals surface area contributed by atoms with Crippen LogP contribution in [0.4, 0.5) is 4.39 Å². The number of allylic oxidation sites excluding steroid dienone is 1. The van der Waals surface area contributed by atoms with Gasteiger partial charge in [0.2, 0.25) is 0 Å². The zero-order chi connectivity index (χ0) is 24.1. The van der Waals surface area contributed by atoms with Gasteiger partial charge in [0.15, 0.2) is 0 Å². The van der Waals surface area contributed by atoms with Gasteiger partial charge in [-0.1, -0.05) is 25.1 Å². The van der Waals surface area contributed by atoms with Crippen LogP contribution in [0.1, 0.15) is 42.8 Å². The van der Waals surface area contributed by atoms with Gasteiger partial charge in [-0.2, -0.15) is 5.10 Å². The zero-order valence-corrected chi connectivity index (χ0v) is 19.3. The highest BCUT2D eigenvalue weighted by Crippen LogP contribution is 2.64. The fraction of sp³-hybridized carbons (Fsp3) is 0.333. The van der Waals surface area contributed by atoms with E-state index in [-0.39, 0.29) is 12.4 Å². The second kappa shape index (κ2) is 8.18. The van der Waals surface area contributed by atoms with Gasteiger partial charge in [0.05, 0.1) is 31.3 Å². The smallest absolute Gasteiger partial charge is 0.143 e. The minimum Gasteiger partial charge on any atom is -0.495 e. The SMILES string of the molecule is C=C(C(O)c1ncccc1OC)C1(CO)CCC2=Cc3c(cnn3-c3cccc(F)c3)CC21C. The molecule has 2 N–H and O–H groups in total. The molecule has 3 aromatic rings. The Morgan fingerprint density at radius 3 is 2.88 bits per heavy atom. The molecule has 1 aromatic carbocycles. The van der Waals surface area contributed by atoms with Gasteiger partial charge in [-0.05, 0) is 66.8 Å². The van der Waals surface area contributed by atoms with E-state index in [1.54, 1.807) is 35.3 Å². The van der Waals surface area contributed by atoms with Crippen molar-refractivity contribution < 1.29 is 19.3 Å². The number of ether oxygens (including phenoxy) is 1. The number of pyridine rings is 1. The van der Waals surface area contributed by atoms with Crippen molar-refractivity contribution in [3.8, 4) is 11.4 Å². The standard InChI is InChI=1S/C27H28FN3O3/c1-17(25(33)24-23(34-3)8-5-11-29-24)27(16-32)10-9-19-12-22-18(14-26(19,27)2)15-30-31(22)21-7-4-6-20(28)13-21/h4-8,11-13,15,25,32-33H,1,9-10,14,16H2,2-3H3. The second-order valence-electron chi connectivity index (χ2n) is 9.38. The average Bonchev–Trinajstić information content (AvgIpc) is 3.39. The Labute approximate surface area is 198 Å². The molecule has 1 saturated carbocycles. The van der Waals surface area contributed by atoms with Crippen LogP contribution in [0.2, 0.25) is 0 Å². The van der Waals surface area contributed by atoms with Crippen LogP contribution in [0.15, 0.2) is 66.5 Å². The third-order valence-corrected chi connectivity index (χ3v) is 7.87. The van der Waals surface area contributed by atoms with E-state index in [4.69, 9.17) is 4.74 Å². The molecule has 2 heterocycles. The van der Waals surface area contributed by atoms with Crippen molar-refractivity contribution >= 4 is 6.08 Å². The number of methoxy groups -OCH3 is 1. The summed E-state index contributed by atoms with van der Waals surface area (Å²) >= 11 is 0. The number of hydrogen-bond donors (Lipinski definition) is 2. The van der Waals surface area contributed by atoms with Gasteiger partial charge in [-0.25, -0.2) is 9.07 Å². The lowest BCUT2D eigenvalue weighted by molar-refractivity contribution is 0.0419. The molecule has 34 heavy (non-hydrogen) atoms. The van der Waals surface area contributed by atoms with Crippen molar-refractivity contribution in [1.29, 1.82) is 0 Å². The van der Waals surface area contributed by atoms with E-state index in [9.17, 15) is 14.6 Å². The third-order valence-electron chi connectivity index (χ3n) is 7.87. The summed E-state index contributed by atoms with van der Waals surface area (Å²) in [6.45, 7) is 6.26. The summed E-state index contributed by atoms with van der Waals surface area (Å²) in [5.74, 6) is 0.163. The number of rotatable bonds is 6. The zero-order valence-electron chi connectivity index (χ0n) is 19.3. The Morgan fingerprint density at radius 2 is 2.15 bits per heavy atom. The van der Waals surface area contributed by atoms with Crippen LogP contribution in [0, 0.1) is 16.6 Å². The van der Waals surface area contributed by atoms with Gasteiger partial charge >= 0.3 is 0 Å². The summed E-state index contributed by atoms with van der Waals surface area (Å²) in [6, 6.07) is 9.87.